The normalized spacial score (nSPS) is 18.8. The van der Waals surface area contributed by atoms with Gasteiger partial charge in [0.25, 0.3) is 0 Å². The van der Waals surface area contributed by atoms with Crippen molar-refractivity contribution in [3.8, 4) is 0 Å². The van der Waals surface area contributed by atoms with E-state index in [1.54, 1.807) is 0 Å². The van der Waals surface area contributed by atoms with Crippen LogP contribution in [0.1, 0.15) is 50.2 Å². The lowest BCUT2D eigenvalue weighted by molar-refractivity contribution is 0.280. The van der Waals surface area contributed by atoms with Gasteiger partial charge in [-0.1, -0.05) is 47.3 Å². The zero-order chi connectivity index (χ0) is 13.0. The summed E-state index contributed by atoms with van der Waals surface area (Å²) in [4.78, 5) is 0. The molecule has 18 heavy (non-hydrogen) atoms. The Morgan fingerprint density at radius 2 is 2.00 bits per heavy atom. The molecular weight excluding hydrogens is 286 g/mol. The molecule has 1 nitrogen and oxygen atoms in total. The van der Waals surface area contributed by atoms with E-state index in [2.05, 4.69) is 53.3 Å². The zero-order valence-electron chi connectivity index (χ0n) is 11.5. The van der Waals surface area contributed by atoms with Crippen molar-refractivity contribution in [1.29, 1.82) is 0 Å². The van der Waals surface area contributed by atoms with E-state index in [1.807, 2.05) is 0 Å². The third kappa shape index (κ3) is 3.83. The van der Waals surface area contributed by atoms with E-state index in [-0.39, 0.29) is 0 Å². The van der Waals surface area contributed by atoms with Gasteiger partial charge in [0, 0.05) is 17.1 Å². The van der Waals surface area contributed by atoms with Crippen molar-refractivity contribution in [1.82, 2.24) is 5.32 Å². The van der Waals surface area contributed by atoms with Crippen LogP contribution in [0.25, 0.3) is 0 Å². The van der Waals surface area contributed by atoms with Gasteiger partial charge in [-0.2, -0.15) is 0 Å². The van der Waals surface area contributed by atoms with Gasteiger partial charge in [-0.15, -0.1) is 0 Å². The van der Waals surface area contributed by atoms with Gasteiger partial charge < -0.3 is 5.32 Å². The SMILES string of the molecule is Cc1ccc(CNC(C)C2CCCCC2)cc1Br. The quantitative estimate of drug-likeness (QED) is 0.841. The van der Waals surface area contributed by atoms with Crippen molar-refractivity contribution in [3.63, 3.8) is 0 Å². The van der Waals surface area contributed by atoms with E-state index in [0.29, 0.717) is 6.04 Å². The van der Waals surface area contributed by atoms with Crippen LogP contribution in [-0.4, -0.2) is 6.04 Å². The fourth-order valence-electron chi connectivity index (χ4n) is 2.83. The average molecular weight is 310 g/mol. The number of aryl methyl sites for hydroxylation is 1. The Morgan fingerprint density at radius 3 is 2.67 bits per heavy atom. The molecule has 1 aromatic rings. The summed E-state index contributed by atoms with van der Waals surface area (Å²) < 4.78 is 1.21. The topological polar surface area (TPSA) is 12.0 Å². The lowest BCUT2D eigenvalue weighted by Gasteiger charge is -2.28. The highest BCUT2D eigenvalue weighted by Crippen LogP contribution is 2.26. The van der Waals surface area contributed by atoms with Crippen LogP contribution < -0.4 is 5.32 Å². The van der Waals surface area contributed by atoms with E-state index in [4.69, 9.17) is 0 Å². The lowest BCUT2D eigenvalue weighted by Crippen LogP contribution is -2.34. The molecule has 1 N–H and O–H groups in total. The van der Waals surface area contributed by atoms with Crippen molar-refractivity contribution in [2.45, 2.75) is 58.5 Å². The molecule has 0 spiro atoms. The third-order valence-electron chi connectivity index (χ3n) is 4.22. The van der Waals surface area contributed by atoms with Crippen LogP contribution in [0.3, 0.4) is 0 Å². The summed E-state index contributed by atoms with van der Waals surface area (Å²) in [6.07, 6.45) is 7.10. The molecule has 1 aliphatic rings. The van der Waals surface area contributed by atoms with E-state index < -0.39 is 0 Å². The van der Waals surface area contributed by atoms with E-state index >= 15 is 0 Å². The first-order valence-corrected chi connectivity index (χ1v) is 7.94. The van der Waals surface area contributed by atoms with Crippen LogP contribution in [0.2, 0.25) is 0 Å². The Bertz CT molecular complexity index is 383. The van der Waals surface area contributed by atoms with Crippen LogP contribution in [0.4, 0.5) is 0 Å². The van der Waals surface area contributed by atoms with Gasteiger partial charge in [0.15, 0.2) is 0 Å². The molecule has 0 bridgehead atoms. The Morgan fingerprint density at radius 1 is 1.28 bits per heavy atom. The first kappa shape index (κ1) is 14.1. The van der Waals surface area contributed by atoms with Gasteiger partial charge in [-0.25, -0.2) is 0 Å². The molecule has 1 aliphatic carbocycles. The summed E-state index contributed by atoms with van der Waals surface area (Å²) in [7, 11) is 0. The molecule has 0 aromatic heterocycles. The van der Waals surface area contributed by atoms with Crippen LogP contribution in [-0.2, 0) is 6.54 Å². The monoisotopic (exact) mass is 309 g/mol. The van der Waals surface area contributed by atoms with Crippen LogP contribution in [0, 0.1) is 12.8 Å². The highest BCUT2D eigenvalue weighted by Gasteiger charge is 2.19. The molecule has 0 aliphatic heterocycles. The molecule has 0 saturated heterocycles. The standard InChI is InChI=1S/C16H24BrN/c1-12-8-9-14(10-16(12)17)11-18-13(2)15-6-4-3-5-7-15/h8-10,13,15,18H,3-7,11H2,1-2H3. The fraction of sp³-hybridized carbons (Fsp3) is 0.625. The number of hydrogen-bond donors (Lipinski definition) is 1. The van der Waals surface area contributed by atoms with Crippen LogP contribution in [0.15, 0.2) is 22.7 Å². The maximum absolute atomic E-state index is 3.69. The molecule has 2 rings (SSSR count). The van der Waals surface area contributed by atoms with E-state index in [1.165, 1.54) is 47.7 Å². The van der Waals surface area contributed by atoms with Crippen molar-refractivity contribution < 1.29 is 0 Å². The maximum Gasteiger partial charge on any atom is 0.0208 e. The minimum atomic E-state index is 0.644. The summed E-state index contributed by atoms with van der Waals surface area (Å²) in [5.74, 6) is 0.882. The molecule has 1 aromatic carbocycles. The molecule has 1 atom stereocenters. The van der Waals surface area contributed by atoms with Gasteiger partial charge in [-0.3, -0.25) is 0 Å². The third-order valence-corrected chi connectivity index (χ3v) is 5.08. The van der Waals surface area contributed by atoms with Gasteiger partial charge in [0.1, 0.15) is 0 Å². The number of benzene rings is 1. The smallest absolute Gasteiger partial charge is 0.0208 e. The second-order valence-electron chi connectivity index (χ2n) is 5.65. The molecule has 1 saturated carbocycles. The first-order chi connectivity index (χ1) is 8.66. The lowest BCUT2D eigenvalue weighted by atomic mass is 9.84. The fourth-order valence-corrected chi connectivity index (χ4v) is 3.25. The molecule has 1 unspecified atom stereocenters. The second kappa shape index (κ2) is 6.72. The Hall–Kier alpha value is -0.340. The van der Waals surface area contributed by atoms with Crippen LogP contribution in [0.5, 0.6) is 0 Å². The van der Waals surface area contributed by atoms with Gasteiger partial charge >= 0.3 is 0 Å². The molecule has 100 valence electrons. The maximum atomic E-state index is 3.69. The minimum absolute atomic E-state index is 0.644. The number of nitrogens with one attached hydrogen (secondary N) is 1. The second-order valence-corrected chi connectivity index (χ2v) is 6.51. The largest absolute Gasteiger partial charge is 0.310 e. The number of rotatable bonds is 4. The summed E-state index contributed by atoms with van der Waals surface area (Å²) in [5, 5.41) is 3.69. The number of halogens is 1. The van der Waals surface area contributed by atoms with Gasteiger partial charge in [-0.05, 0) is 49.8 Å². The van der Waals surface area contributed by atoms with Crippen molar-refractivity contribution in [2.75, 3.05) is 0 Å². The molecule has 0 heterocycles. The van der Waals surface area contributed by atoms with Crippen molar-refractivity contribution in [3.05, 3.63) is 33.8 Å². The molecule has 0 radical (unpaired) electrons. The Kier molecular flexibility index (Phi) is 5.25. The highest BCUT2D eigenvalue weighted by molar-refractivity contribution is 9.10. The summed E-state index contributed by atoms with van der Waals surface area (Å²) in [5.41, 5.74) is 2.68. The van der Waals surface area contributed by atoms with E-state index in [0.717, 1.165) is 12.5 Å². The van der Waals surface area contributed by atoms with Crippen molar-refractivity contribution >= 4 is 15.9 Å². The zero-order valence-corrected chi connectivity index (χ0v) is 13.1. The summed E-state index contributed by atoms with van der Waals surface area (Å²) in [6.45, 7) is 5.46. The molecular formula is C16H24BrN. The molecule has 1 fully saturated rings. The summed E-state index contributed by atoms with van der Waals surface area (Å²) in [6, 6.07) is 7.29. The van der Waals surface area contributed by atoms with Gasteiger partial charge in [0.2, 0.25) is 0 Å². The molecule has 0 amide bonds. The van der Waals surface area contributed by atoms with Crippen molar-refractivity contribution in [2.24, 2.45) is 5.92 Å². The minimum Gasteiger partial charge on any atom is -0.310 e. The Labute approximate surface area is 119 Å². The number of hydrogen-bond acceptors (Lipinski definition) is 1. The predicted octanol–water partition coefficient (Wildman–Crippen LogP) is 4.82. The predicted molar refractivity (Wildman–Crippen MR) is 81.8 cm³/mol. The average Bonchev–Trinajstić information content (AvgIpc) is 2.41. The Balaban J connectivity index is 1.84. The van der Waals surface area contributed by atoms with Gasteiger partial charge in [0.05, 0.1) is 0 Å². The highest BCUT2D eigenvalue weighted by atomic mass is 79.9. The summed E-state index contributed by atoms with van der Waals surface area (Å²) >= 11 is 3.60. The van der Waals surface area contributed by atoms with Crippen LogP contribution >= 0.6 is 15.9 Å². The van der Waals surface area contributed by atoms with E-state index in [9.17, 15) is 0 Å². The first-order valence-electron chi connectivity index (χ1n) is 7.15. The molecule has 2 heteroatoms.